The Kier molecular flexibility index (Phi) is 7.10. The molecule has 0 radical (unpaired) electrons. The molecule has 10 heteroatoms. The lowest BCUT2D eigenvalue weighted by atomic mass is 10.0. The van der Waals surface area contributed by atoms with E-state index in [1.807, 2.05) is 36.1 Å². The number of para-hydroxylation sites is 1. The van der Waals surface area contributed by atoms with Gasteiger partial charge in [-0.05, 0) is 48.7 Å². The minimum Gasteiger partial charge on any atom is -0.383 e. The smallest absolute Gasteiger partial charge is 0.355 e. The van der Waals surface area contributed by atoms with Crippen LogP contribution in [0.25, 0.3) is 28.0 Å². The van der Waals surface area contributed by atoms with Crippen LogP contribution < -0.4 is 16.3 Å². The summed E-state index contributed by atoms with van der Waals surface area (Å²) in [5, 5.41) is 0.987. The summed E-state index contributed by atoms with van der Waals surface area (Å²) in [6.07, 6.45) is 2.92. The molecule has 0 bridgehead atoms. The maximum absolute atomic E-state index is 13.8. The van der Waals surface area contributed by atoms with E-state index in [4.69, 9.17) is 22.3 Å². The van der Waals surface area contributed by atoms with Crippen molar-refractivity contribution in [2.45, 2.75) is 32.7 Å². The number of pyridine rings is 2. The normalized spacial score (nSPS) is 15.7. The Hall–Kier alpha value is -4.24. The first-order valence-corrected chi connectivity index (χ1v) is 13.2. The minimum absolute atomic E-state index is 0.107. The zero-order valence-corrected chi connectivity index (χ0v) is 22.9. The first-order valence-electron chi connectivity index (χ1n) is 12.8. The Morgan fingerprint density at radius 2 is 1.95 bits per heavy atom. The first kappa shape index (κ1) is 26.4. The highest BCUT2D eigenvalue weighted by molar-refractivity contribution is 6.34. The number of amides is 1. The average molecular weight is 544 g/mol. The Bertz CT molecular complexity index is 1650. The quantitative estimate of drug-likeness (QED) is 0.371. The van der Waals surface area contributed by atoms with Crippen LogP contribution in [0.4, 0.5) is 11.6 Å². The highest BCUT2D eigenvalue weighted by Crippen LogP contribution is 2.36. The number of nitrogens with two attached hydrogens (primary N) is 1. The van der Waals surface area contributed by atoms with Gasteiger partial charge in [-0.1, -0.05) is 50.2 Å². The van der Waals surface area contributed by atoms with Gasteiger partial charge in [-0.2, -0.15) is 4.98 Å². The molecule has 1 amide bonds. The number of carbonyl (C=O) groups excluding carboxylic acids is 1. The third-order valence-corrected chi connectivity index (χ3v) is 7.37. The number of nitrogen functional groups attached to an aromatic ring is 1. The van der Waals surface area contributed by atoms with E-state index in [2.05, 4.69) is 30.4 Å². The van der Waals surface area contributed by atoms with Crippen molar-refractivity contribution in [3.63, 3.8) is 0 Å². The number of anilines is 2. The zero-order chi connectivity index (χ0) is 27.8. The average Bonchev–Trinajstić information content (AvgIpc) is 2.92. The van der Waals surface area contributed by atoms with Gasteiger partial charge in [0.25, 0.3) is 0 Å². The summed E-state index contributed by atoms with van der Waals surface area (Å²) in [6, 6.07) is 13.0. The predicted molar refractivity (Wildman–Crippen MR) is 155 cm³/mol. The molecule has 1 atom stereocenters. The first-order chi connectivity index (χ1) is 18.7. The van der Waals surface area contributed by atoms with E-state index in [1.165, 1.54) is 6.08 Å². The van der Waals surface area contributed by atoms with Crippen LogP contribution in [0, 0.1) is 0 Å². The Balaban J connectivity index is 1.78. The lowest BCUT2D eigenvalue weighted by Crippen LogP contribution is -2.54. The molecule has 4 aromatic rings. The molecule has 39 heavy (non-hydrogen) atoms. The van der Waals surface area contributed by atoms with Crippen molar-refractivity contribution in [1.82, 2.24) is 24.4 Å². The van der Waals surface area contributed by atoms with E-state index in [0.717, 1.165) is 5.56 Å². The largest absolute Gasteiger partial charge is 0.383 e. The van der Waals surface area contributed by atoms with Crippen molar-refractivity contribution in [3.8, 4) is 16.9 Å². The molecule has 4 heterocycles. The number of hydrogen-bond donors (Lipinski definition) is 1. The topological polar surface area (TPSA) is 110 Å². The third-order valence-electron chi connectivity index (χ3n) is 7.08. The fourth-order valence-electron chi connectivity index (χ4n) is 5.13. The number of piperazine rings is 1. The molecule has 3 aromatic heterocycles. The second kappa shape index (κ2) is 10.5. The van der Waals surface area contributed by atoms with Gasteiger partial charge < -0.3 is 15.5 Å². The van der Waals surface area contributed by atoms with Gasteiger partial charge in [0.05, 0.1) is 21.8 Å². The van der Waals surface area contributed by atoms with Gasteiger partial charge in [-0.25, -0.2) is 19.3 Å². The summed E-state index contributed by atoms with van der Waals surface area (Å²) in [5.41, 5.74) is 8.83. The number of fused-ring (bicyclic) bond motifs is 1. The molecule has 0 saturated carbocycles. The molecule has 1 fully saturated rings. The van der Waals surface area contributed by atoms with Crippen molar-refractivity contribution in [2.24, 2.45) is 0 Å². The minimum atomic E-state index is -0.456. The number of rotatable bonds is 5. The second-order valence-corrected chi connectivity index (χ2v) is 10.3. The second-order valence-electron chi connectivity index (χ2n) is 9.92. The van der Waals surface area contributed by atoms with Gasteiger partial charge in [0, 0.05) is 37.4 Å². The van der Waals surface area contributed by atoms with Crippen LogP contribution >= 0.6 is 11.6 Å². The Morgan fingerprint density at radius 3 is 2.64 bits per heavy atom. The zero-order valence-electron chi connectivity index (χ0n) is 22.1. The summed E-state index contributed by atoms with van der Waals surface area (Å²) in [5.74, 6) is 0.794. The van der Waals surface area contributed by atoms with Crippen molar-refractivity contribution < 1.29 is 4.79 Å². The standard InChI is InChI=1S/C29H30ClN7O2/c1-5-24(38)35-13-14-36(18(4)16-35)27-21-15-22(30)25(20-10-8-12-32-26(20)31)33-28(21)37(29(39)34-27)23-11-7-6-9-19(23)17(2)3/h5-12,15,17-18H,1,13-14,16H2,2-4H3,(H2,31,32)/t18-/m0/s1. The highest BCUT2D eigenvalue weighted by atomic mass is 35.5. The molecule has 1 saturated heterocycles. The molecule has 200 valence electrons. The third kappa shape index (κ3) is 4.74. The summed E-state index contributed by atoms with van der Waals surface area (Å²) in [6.45, 7) is 11.2. The van der Waals surface area contributed by atoms with E-state index in [1.54, 1.807) is 33.9 Å². The van der Waals surface area contributed by atoms with Crippen LogP contribution in [0.2, 0.25) is 5.02 Å². The van der Waals surface area contributed by atoms with Gasteiger partial charge in [0.2, 0.25) is 5.91 Å². The number of nitrogens with zero attached hydrogens (tertiary/aromatic N) is 6. The number of hydrogen-bond acceptors (Lipinski definition) is 7. The molecule has 9 nitrogen and oxygen atoms in total. The van der Waals surface area contributed by atoms with Crippen molar-refractivity contribution in [2.75, 3.05) is 30.3 Å². The molecular formula is C29H30ClN7O2. The molecule has 2 N–H and O–H groups in total. The Labute approximate surface area is 231 Å². The molecule has 0 unspecified atom stereocenters. The molecule has 5 rings (SSSR count). The number of aromatic nitrogens is 4. The van der Waals surface area contributed by atoms with Crippen LogP contribution in [0.5, 0.6) is 0 Å². The van der Waals surface area contributed by atoms with Crippen molar-refractivity contribution >= 4 is 40.2 Å². The fraction of sp³-hybridized carbons (Fsp3) is 0.276. The van der Waals surface area contributed by atoms with Crippen molar-refractivity contribution in [1.29, 1.82) is 0 Å². The number of halogens is 1. The van der Waals surface area contributed by atoms with Crippen LogP contribution in [0.1, 0.15) is 32.3 Å². The summed E-state index contributed by atoms with van der Waals surface area (Å²) in [7, 11) is 0. The highest BCUT2D eigenvalue weighted by Gasteiger charge is 2.30. The maximum atomic E-state index is 13.8. The van der Waals surface area contributed by atoms with Gasteiger partial charge in [-0.15, -0.1) is 0 Å². The lowest BCUT2D eigenvalue weighted by Gasteiger charge is -2.40. The summed E-state index contributed by atoms with van der Waals surface area (Å²) >= 11 is 6.82. The fourth-order valence-corrected chi connectivity index (χ4v) is 5.38. The van der Waals surface area contributed by atoms with Crippen LogP contribution in [-0.4, -0.2) is 56.0 Å². The van der Waals surface area contributed by atoms with E-state index in [0.29, 0.717) is 58.5 Å². The maximum Gasteiger partial charge on any atom is 0.355 e. The SMILES string of the molecule is C=CC(=O)N1CCN(c2nc(=O)n(-c3ccccc3C(C)C)c3nc(-c4cccnc4N)c(Cl)cc23)[C@@H](C)C1. The molecule has 1 aliphatic heterocycles. The van der Waals surface area contributed by atoms with Gasteiger partial charge in [-0.3, -0.25) is 4.79 Å². The molecule has 0 spiro atoms. The molecule has 1 aliphatic rings. The van der Waals surface area contributed by atoms with E-state index < -0.39 is 5.69 Å². The predicted octanol–water partition coefficient (Wildman–Crippen LogP) is 4.42. The summed E-state index contributed by atoms with van der Waals surface area (Å²) < 4.78 is 1.54. The van der Waals surface area contributed by atoms with E-state index in [-0.39, 0.29) is 23.7 Å². The number of benzene rings is 1. The van der Waals surface area contributed by atoms with Crippen LogP contribution in [0.3, 0.4) is 0 Å². The number of carbonyl (C=O) groups is 1. The molecule has 1 aromatic carbocycles. The van der Waals surface area contributed by atoms with Gasteiger partial charge in [0.1, 0.15) is 11.6 Å². The van der Waals surface area contributed by atoms with E-state index >= 15 is 0 Å². The van der Waals surface area contributed by atoms with E-state index in [9.17, 15) is 9.59 Å². The molecule has 0 aliphatic carbocycles. The van der Waals surface area contributed by atoms with Gasteiger partial charge >= 0.3 is 5.69 Å². The lowest BCUT2D eigenvalue weighted by molar-refractivity contribution is -0.126. The van der Waals surface area contributed by atoms with Crippen LogP contribution in [0.15, 0.2) is 66.1 Å². The van der Waals surface area contributed by atoms with Gasteiger partial charge in [0.15, 0.2) is 5.65 Å². The summed E-state index contributed by atoms with van der Waals surface area (Å²) in [4.78, 5) is 43.6. The Morgan fingerprint density at radius 1 is 1.18 bits per heavy atom. The monoisotopic (exact) mass is 543 g/mol. The van der Waals surface area contributed by atoms with Crippen molar-refractivity contribution in [3.05, 3.63) is 82.4 Å². The van der Waals surface area contributed by atoms with Crippen LogP contribution in [-0.2, 0) is 4.79 Å². The molecular weight excluding hydrogens is 514 g/mol.